The lowest BCUT2D eigenvalue weighted by Gasteiger charge is -2.10. The van der Waals surface area contributed by atoms with Gasteiger partial charge in [0.1, 0.15) is 5.82 Å². The zero-order valence-corrected chi connectivity index (χ0v) is 10.7. The fourth-order valence-corrected chi connectivity index (χ4v) is 1.68. The summed E-state index contributed by atoms with van der Waals surface area (Å²) in [6, 6.07) is 7.31. The van der Waals surface area contributed by atoms with Crippen molar-refractivity contribution in [2.75, 3.05) is 5.32 Å². The lowest BCUT2D eigenvalue weighted by atomic mass is 10.1. The Hall–Kier alpha value is -2.18. The third-order valence-corrected chi connectivity index (χ3v) is 2.79. The molecule has 112 valence electrons. The quantitative estimate of drug-likeness (QED) is 0.832. The second-order valence-electron chi connectivity index (χ2n) is 4.32. The average molecular weight is 302 g/mol. The predicted octanol–water partition coefficient (Wildman–Crippen LogP) is 4.65. The van der Waals surface area contributed by atoms with Gasteiger partial charge in [-0.15, -0.1) is 0 Å². The van der Waals surface area contributed by atoms with E-state index in [4.69, 9.17) is 0 Å². The Balaban J connectivity index is 2.03. The molecule has 0 aliphatic carbocycles. The molecule has 2 rings (SSSR count). The van der Waals surface area contributed by atoms with Gasteiger partial charge in [-0.3, -0.25) is 0 Å². The number of alkyl halides is 5. The Kier molecular flexibility index (Phi) is 4.40. The van der Waals surface area contributed by atoms with Crippen LogP contribution in [-0.2, 0) is 12.7 Å². The minimum absolute atomic E-state index is 0.0720. The molecule has 2 nitrogen and oxygen atoms in total. The first kappa shape index (κ1) is 15.2. The lowest BCUT2D eigenvalue weighted by Crippen LogP contribution is -2.07. The maximum atomic E-state index is 12.5. The molecule has 1 aromatic carbocycles. The highest BCUT2D eigenvalue weighted by Gasteiger charge is 2.30. The van der Waals surface area contributed by atoms with E-state index in [1.165, 1.54) is 24.3 Å². The molecule has 21 heavy (non-hydrogen) atoms. The van der Waals surface area contributed by atoms with Crippen LogP contribution >= 0.6 is 0 Å². The molecule has 0 aliphatic rings. The van der Waals surface area contributed by atoms with E-state index in [9.17, 15) is 22.0 Å². The number of aromatic nitrogens is 1. The van der Waals surface area contributed by atoms with Crippen molar-refractivity contribution < 1.29 is 22.0 Å². The number of hydrogen-bond donors (Lipinski definition) is 1. The van der Waals surface area contributed by atoms with E-state index >= 15 is 0 Å². The van der Waals surface area contributed by atoms with E-state index < -0.39 is 18.2 Å². The monoisotopic (exact) mass is 302 g/mol. The van der Waals surface area contributed by atoms with E-state index in [0.29, 0.717) is 5.56 Å². The van der Waals surface area contributed by atoms with Crippen molar-refractivity contribution in [3.63, 3.8) is 0 Å². The first-order valence-electron chi connectivity index (χ1n) is 6.00. The number of halogens is 5. The summed E-state index contributed by atoms with van der Waals surface area (Å²) in [5, 5.41) is 2.72. The second-order valence-corrected chi connectivity index (χ2v) is 4.32. The van der Waals surface area contributed by atoms with Crippen molar-refractivity contribution in [1.82, 2.24) is 4.98 Å². The SMILES string of the molecule is FC(F)c1ccc(CNc2cc(C(F)(F)F)ccn2)cc1. The Labute approximate surface area is 117 Å². The first-order valence-corrected chi connectivity index (χ1v) is 6.00. The molecule has 0 bridgehead atoms. The summed E-state index contributed by atoms with van der Waals surface area (Å²) in [5.74, 6) is 0.0720. The van der Waals surface area contributed by atoms with Gasteiger partial charge in [0.15, 0.2) is 0 Å². The molecule has 0 fully saturated rings. The van der Waals surface area contributed by atoms with Gasteiger partial charge >= 0.3 is 6.18 Å². The van der Waals surface area contributed by atoms with Crippen LogP contribution in [0, 0.1) is 0 Å². The molecule has 1 N–H and O–H groups in total. The standard InChI is InChI=1S/C14H11F5N2/c15-13(16)10-3-1-9(2-4-10)8-21-12-7-11(5-6-20-12)14(17,18)19/h1-7,13H,8H2,(H,20,21). The van der Waals surface area contributed by atoms with Crippen LogP contribution in [0.5, 0.6) is 0 Å². The fourth-order valence-electron chi connectivity index (χ4n) is 1.68. The van der Waals surface area contributed by atoms with E-state index in [1.807, 2.05) is 0 Å². The minimum Gasteiger partial charge on any atom is -0.366 e. The zero-order chi connectivity index (χ0) is 15.5. The highest BCUT2D eigenvalue weighted by atomic mass is 19.4. The highest BCUT2D eigenvalue weighted by Crippen LogP contribution is 2.30. The van der Waals surface area contributed by atoms with Crippen LogP contribution in [0.3, 0.4) is 0 Å². The fraction of sp³-hybridized carbons (Fsp3) is 0.214. The Morgan fingerprint density at radius 2 is 1.71 bits per heavy atom. The molecule has 7 heteroatoms. The molecule has 0 spiro atoms. The van der Waals surface area contributed by atoms with Gasteiger partial charge in [-0.1, -0.05) is 24.3 Å². The van der Waals surface area contributed by atoms with Gasteiger partial charge in [0.05, 0.1) is 5.56 Å². The van der Waals surface area contributed by atoms with Crippen LogP contribution < -0.4 is 5.32 Å². The van der Waals surface area contributed by atoms with Crippen LogP contribution in [0.1, 0.15) is 23.1 Å². The zero-order valence-electron chi connectivity index (χ0n) is 10.7. The summed E-state index contributed by atoms with van der Waals surface area (Å²) >= 11 is 0. The molecule has 0 amide bonds. The topological polar surface area (TPSA) is 24.9 Å². The number of nitrogens with zero attached hydrogens (tertiary/aromatic N) is 1. The number of pyridine rings is 1. The second kappa shape index (κ2) is 6.07. The Bertz CT molecular complexity index is 593. The van der Waals surface area contributed by atoms with Crippen molar-refractivity contribution in [1.29, 1.82) is 0 Å². The maximum Gasteiger partial charge on any atom is 0.416 e. The van der Waals surface area contributed by atoms with Gasteiger partial charge in [-0.2, -0.15) is 13.2 Å². The molecule has 0 aliphatic heterocycles. The minimum atomic E-state index is -4.43. The molecule has 0 saturated heterocycles. The number of hydrogen-bond acceptors (Lipinski definition) is 2. The van der Waals surface area contributed by atoms with Gasteiger partial charge in [0.2, 0.25) is 0 Å². The van der Waals surface area contributed by atoms with E-state index in [0.717, 1.165) is 18.3 Å². The third kappa shape index (κ3) is 4.14. The molecule has 0 unspecified atom stereocenters. The van der Waals surface area contributed by atoms with E-state index in [-0.39, 0.29) is 17.9 Å². The summed E-state index contributed by atoms with van der Waals surface area (Å²) in [5.41, 5.74) is -0.234. The molecule has 2 aromatic rings. The summed E-state index contributed by atoms with van der Waals surface area (Å²) in [7, 11) is 0. The summed E-state index contributed by atoms with van der Waals surface area (Å²) in [6.07, 6.45) is -5.92. The molecular formula is C14H11F5N2. The highest BCUT2D eigenvalue weighted by molar-refractivity contribution is 5.39. The van der Waals surface area contributed by atoms with Gasteiger partial charge in [0, 0.05) is 18.3 Å². The molecule has 0 atom stereocenters. The summed E-state index contributed by atoms with van der Waals surface area (Å²) < 4.78 is 62.3. The molecule has 0 radical (unpaired) electrons. The van der Waals surface area contributed by atoms with Crippen LogP contribution in [-0.4, -0.2) is 4.98 Å². The Morgan fingerprint density at radius 1 is 1.05 bits per heavy atom. The molecule has 0 saturated carbocycles. The summed E-state index contributed by atoms with van der Waals surface area (Å²) in [6.45, 7) is 0.192. The van der Waals surface area contributed by atoms with Crippen molar-refractivity contribution in [3.8, 4) is 0 Å². The predicted molar refractivity (Wildman–Crippen MR) is 68.0 cm³/mol. The normalized spacial score (nSPS) is 11.7. The smallest absolute Gasteiger partial charge is 0.366 e. The molecule has 1 aromatic heterocycles. The molecular weight excluding hydrogens is 291 g/mol. The number of nitrogens with one attached hydrogen (secondary N) is 1. The Morgan fingerprint density at radius 3 is 2.29 bits per heavy atom. The van der Waals surface area contributed by atoms with Crippen molar-refractivity contribution in [2.24, 2.45) is 0 Å². The van der Waals surface area contributed by atoms with Crippen LogP contribution in [0.25, 0.3) is 0 Å². The summed E-state index contributed by atoms with van der Waals surface area (Å²) in [4.78, 5) is 3.78. The number of rotatable bonds is 4. The van der Waals surface area contributed by atoms with Crippen LogP contribution in [0.4, 0.5) is 27.8 Å². The van der Waals surface area contributed by atoms with Crippen LogP contribution in [0.15, 0.2) is 42.6 Å². The third-order valence-electron chi connectivity index (χ3n) is 2.79. The maximum absolute atomic E-state index is 12.5. The average Bonchev–Trinajstić information content (AvgIpc) is 2.45. The van der Waals surface area contributed by atoms with Crippen molar-refractivity contribution in [2.45, 2.75) is 19.1 Å². The molecule has 1 heterocycles. The van der Waals surface area contributed by atoms with Gasteiger partial charge in [0.25, 0.3) is 6.43 Å². The van der Waals surface area contributed by atoms with Crippen molar-refractivity contribution in [3.05, 3.63) is 59.3 Å². The van der Waals surface area contributed by atoms with Crippen LogP contribution in [0.2, 0.25) is 0 Å². The van der Waals surface area contributed by atoms with Gasteiger partial charge < -0.3 is 5.32 Å². The largest absolute Gasteiger partial charge is 0.416 e. The van der Waals surface area contributed by atoms with E-state index in [2.05, 4.69) is 10.3 Å². The number of anilines is 1. The van der Waals surface area contributed by atoms with Gasteiger partial charge in [-0.25, -0.2) is 13.8 Å². The lowest BCUT2D eigenvalue weighted by molar-refractivity contribution is -0.137. The van der Waals surface area contributed by atoms with E-state index in [1.54, 1.807) is 0 Å². The number of benzene rings is 1. The van der Waals surface area contributed by atoms with Gasteiger partial charge in [-0.05, 0) is 17.7 Å². The first-order chi connectivity index (χ1) is 9.86. The van der Waals surface area contributed by atoms with Crippen molar-refractivity contribution >= 4 is 5.82 Å².